The van der Waals surface area contributed by atoms with Crippen molar-refractivity contribution in [1.82, 2.24) is 15.2 Å². The Bertz CT molecular complexity index is 434. The van der Waals surface area contributed by atoms with E-state index in [0.717, 1.165) is 18.5 Å². The monoisotopic (exact) mass is 245 g/mol. The molecule has 0 saturated carbocycles. The molecule has 1 amide bonds. The first-order valence-corrected chi connectivity index (χ1v) is 6.65. The summed E-state index contributed by atoms with van der Waals surface area (Å²) >= 11 is 0. The van der Waals surface area contributed by atoms with Gasteiger partial charge >= 0.3 is 0 Å². The third-order valence-corrected chi connectivity index (χ3v) is 4.12. The van der Waals surface area contributed by atoms with Crippen molar-refractivity contribution in [3.63, 3.8) is 0 Å². The van der Waals surface area contributed by atoms with Gasteiger partial charge in [0.15, 0.2) is 0 Å². The molecule has 0 spiro atoms. The van der Waals surface area contributed by atoms with Gasteiger partial charge in [-0.3, -0.25) is 9.78 Å². The fourth-order valence-electron chi connectivity index (χ4n) is 3.19. The normalized spacial score (nSPS) is 29.5. The molecule has 1 N–H and O–H groups in total. The smallest absolute Gasteiger partial charge is 0.227 e. The lowest BCUT2D eigenvalue weighted by molar-refractivity contribution is -0.135. The molecule has 3 unspecified atom stereocenters. The summed E-state index contributed by atoms with van der Waals surface area (Å²) in [6, 6.07) is 6.80. The van der Waals surface area contributed by atoms with Crippen LogP contribution < -0.4 is 5.32 Å². The number of fused-ring (bicyclic) bond motifs is 2. The Balaban J connectivity index is 1.62. The molecule has 2 aliphatic heterocycles. The van der Waals surface area contributed by atoms with Crippen LogP contribution in [0, 0.1) is 5.92 Å². The predicted molar refractivity (Wildman–Crippen MR) is 68.8 cm³/mol. The summed E-state index contributed by atoms with van der Waals surface area (Å²) in [5.74, 6) is 0.442. The molecule has 4 nitrogen and oxygen atoms in total. The van der Waals surface area contributed by atoms with Crippen LogP contribution in [0.1, 0.15) is 25.0 Å². The van der Waals surface area contributed by atoms with Gasteiger partial charge in [-0.1, -0.05) is 6.07 Å². The second-order valence-corrected chi connectivity index (χ2v) is 5.41. The highest BCUT2D eigenvalue weighted by molar-refractivity contribution is 5.80. The van der Waals surface area contributed by atoms with Crippen LogP contribution in [0.2, 0.25) is 0 Å². The van der Waals surface area contributed by atoms with Crippen molar-refractivity contribution in [3.05, 3.63) is 30.1 Å². The fourth-order valence-corrected chi connectivity index (χ4v) is 3.19. The van der Waals surface area contributed by atoms with E-state index in [-0.39, 0.29) is 11.8 Å². The molecule has 96 valence electrons. The molecule has 2 aliphatic rings. The van der Waals surface area contributed by atoms with Gasteiger partial charge in [-0.05, 0) is 31.4 Å². The molecule has 18 heavy (non-hydrogen) atoms. The second-order valence-electron chi connectivity index (χ2n) is 5.41. The lowest BCUT2D eigenvalue weighted by Crippen LogP contribution is -2.38. The van der Waals surface area contributed by atoms with Gasteiger partial charge in [0.25, 0.3) is 0 Å². The van der Waals surface area contributed by atoms with E-state index in [1.165, 1.54) is 6.42 Å². The largest absolute Gasteiger partial charge is 0.340 e. The van der Waals surface area contributed by atoms with Gasteiger partial charge in [-0.2, -0.15) is 0 Å². The SMILES string of the molecule is CN(Cc1ccccn1)C(=O)C1CC2CCC1N2. The maximum atomic E-state index is 12.4. The third kappa shape index (κ3) is 2.12. The van der Waals surface area contributed by atoms with Crippen molar-refractivity contribution in [3.8, 4) is 0 Å². The number of aromatic nitrogens is 1. The topological polar surface area (TPSA) is 45.2 Å². The van der Waals surface area contributed by atoms with Crippen LogP contribution in [0.25, 0.3) is 0 Å². The first-order valence-electron chi connectivity index (χ1n) is 6.65. The Kier molecular flexibility index (Phi) is 3.04. The van der Waals surface area contributed by atoms with Crippen LogP contribution in [-0.4, -0.2) is 34.9 Å². The van der Waals surface area contributed by atoms with E-state index in [4.69, 9.17) is 0 Å². The van der Waals surface area contributed by atoms with Crippen molar-refractivity contribution in [1.29, 1.82) is 0 Å². The number of rotatable bonds is 3. The third-order valence-electron chi connectivity index (χ3n) is 4.12. The minimum Gasteiger partial charge on any atom is -0.340 e. The summed E-state index contributed by atoms with van der Waals surface area (Å²) < 4.78 is 0. The van der Waals surface area contributed by atoms with Crippen molar-refractivity contribution in [2.45, 2.75) is 37.9 Å². The number of nitrogens with one attached hydrogen (secondary N) is 1. The van der Waals surface area contributed by atoms with E-state index in [2.05, 4.69) is 10.3 Å². The molecule has 1 aromatic rings. The Hall–Kier alpha value is -1.42. The van der Waals surface area contributed by atoms with Crippen molar-refractivity contribution in [2.24, 2.45) is 5.92 Å². The average molecular weight is 245 g/mol. The van der Waals surface area contributed by atoms with Gasteiger partial charge in [0.05, 0.1) is 18.2 Å². The highest BCUT2D eigenvalue weighted by Crippen LogP contribution is 2.34. The molecule has 3 heterocycles. The van der Waals surface area contributed by atoms with Gasteiger partial charge in [-0.15, -0.1) is 0 Å². The Labute approximate surface area is 107 Å². The Morgan fingerprint density at radius 1 is 1.50 bits per heavy atom. The van der Waals surface area contributed by atoms with Crippen molar-refractivity contribution >= 4 is 5.91 Å². The van der Waals surface area contributed by atoms with E-state index in [9.17, 15) is 4.79 Å². The van der Waals surface area contributed by atoms with Gasteiger partial charge in [0.1, 0.15) is 0 Å². The number of hydrogen-bond acceptors (Lipinski definition) is 3. The van der Waals surface area contributed by atoms with Crippen LogP contribution in [-0.2, 0) is 11.3 Å². The van der Waals surface area contributed by atoms with Gasteiger partial charge in [0, 0.05) is 25.3 Å². The highest BCUT2D eigenvalue weighted by Gasteiger charge is 2.43. The first-order chi connectivity index (χ1) is 8.74. The van der Waals surface area contributed by atoms with Crippen molar-refractivity contribution < 1.29 is 4.79 Å². The van der Waals surface area contributed by atoms with Crippen molar-refractivity contribution in [2.75, 3.05) is 7.05 Å². The highest BCUT2D eigenvalue weighted by atomic mass is 16.2. The Morgan fingerprint density at radius 3 is 3.00 bits per heavy atom. The molecular formula is C14H19N3O. The van der Waals surface area contributed by atoms with E-state index >= 15 is 0 Å². The van der Waals surface area contributed by atoms with E-state index in [1.54, 1.807) is 6.20 Å². The molecule has 2 bridgehead atoms. The van der Waals surface area contributed by atoms with E-state index in [1.807, 2.05) is 30.1 Å². The number of nitrogens with zero attached hydrogens (tertiary/aromatic N) is 2. The molecule has 3 rings (SSSR count). The van der Waals surface area contributed by atoms with Crippen LogP contribution in [0.4, 0.5) is 0 Å². The van der Waals surface area contributed by atoms with Crippen LogP contribution in [0.5, 0.6) is 0 Å². The standard InChI is InChI=1S/C14H19N3O/c1-17(9-11-4-2-3-7-15-11)14(18)12-8-10-5-6-13(12)16-10/h2-4,7,10,12-13,16H,5-6,8-9H2,1H3. The minimum absolute atomic E-state index is 0.178. The fraction of sp³-hybridized carbons (Fsp3) is 0.571. The summed E-state index contributed by atoms with van der Waals surface area (Å²) in [5.41, 5.74) is 0.949. The predicted octanol–water partition coefficient (Wildman–Crippen LogP) is 1.18. The average Bonchev–Trinajstić information content (AvgIpc) is 3.01. The summed E-state index contributed by atoms with van der Waals surface area (Å²) in [6.07, 6.45) is 5.17. The molecule has 2 fully saturated rings. The lowest BCUT2D eigenvalue weighted by Gasteiger charge is -2.25. The molecule has 0 aliphatic carbocycles. The lowest BCUT2D eigenvalue weighted by atomic mass is 9.88. The van der Waals surface area contributed by atoms with Gasteiger partial charge < -0.3 is 10.2 Å². The number of hydrogen-bond donors (Lipinski definition) is 1. The number of carbonyl (C=O) groups excluding carboxylic acids is 1. The van der Waals surface area contributed by atoms with Gasteiger partial charge in [-0.25, -0.2) is 0 Å². The molecular weight excluding hydrogens is 226 g/mol. The van der Waals surface area contributed by atoms with E-state index in [0.29, 0.717) is 18.6 Å². The maximum absolute atomic E-state index is 12.4. The van der Waals surface area contributed by atoms with Crippen LogP contribution >= 0.6 is 0 Å². The van der Waals surface area contributed by atoms with E-state index < -0.39 is 0 Å². The summed E-state index contributed by atoms with van der Waals surface area (Å²) in [6.45, 7) is 0.605. The first kappa shape index (κ1) is 11.7. The quantitative estimate of drug-likeness (QED) is 0.869. The molecule has 3 atom stereocenters. The summed E-state index contributed by atoms with van der Waals surface area (Å²) in [4.78, 5) is 18.5. The minimum atomic E-state index is 0.178. The number of amides is 1. The molecule has 2 saturated heterocycles. The zero-order valence-corrected chi connectivity index (χ0v) is 10.7. The number of carbonyl (C=O) groups is 1. The van der Waals surface area contributed by atoms with Gasteiger partial charge in [0.2, 0.25) is 5.91 Å². The maximum Gasteiger partial charge on any atom is 0.227 e. The molecule has 0 radical (unpaired) electrons. The molecule has 0 aromatic carbocycles. The van der Waals surface area contributed by atoms with Crippen LogP contribution in [0.3, 0.4) is 0 Å². The Morgan fingerprint density at radius 2 is 2.39 bits per heavy atom. The zero-order valence-electron chi connectivity index (χ0n) is 10.7. The second kappa shape index (κ2) is 4.69. The number of pyridine rings is 1. The van der Waals surface area contributed by atoms with Crippen LogP contribution in [0.15, 0.2) is 24.4 Å². The molecule has 4 heteroatoms. The molecule has 1 aromatic heterocycles. The zero-order chi connectivity index (χ0) is 12.5. The summed E-state index contributed by atoms with van der Waals surface area (Å²) in [7, 11) is 1.88. The summed E-state index contributed by atoms with van der Waals surface area (Å²) in [5, 5.41) is 3.51.